The van der Waals surface area contributed by atoms with Gasteiger partial charge < -0.3 is 14.6 Å². The van der Waals surface area contributed by atoms with Crippen molar-refractivity contribution in [3.05, 3.63) is 28.3 Å². The number of rotatable bonds is 4. The third kappa shape index (κ3) is 2.97. The molecule has 6 nitrogen and oxygen atoms in total. The molecule has 1 atom stereocenters. The molecular weight excluding hydrogens is 290 g/mol. The first-order chi connectivity index (χ1) is 9.81. The van der Waals surface area contributed by atoms with Crippen LogP contribution in [0, 0.1) is 6.92 Å². The molecule has 0 fully saturated rings. The van der Waals surface area contributed by atoms with Gasteiger partial charge in [-0.15, -0.1) is 11.3 Å². The fourth-order valence-electron chi connectivity index (χ4n) is 1.94. The highest BCUT2D eigenvalue weighted by molar-refractivity contribution is 7.09. The van der Waals surface area contributed by atoms with Gasteiger partial charge in [-0.05, 0) is 19.9 Å². The van der Waals surface area contributed by atoms with Crippen LogP contribution in [-0.2, 0) is 11.8 Å². The van der Waals surface area contributed by atoms with Gasteiger partial charge in [0.05, 0.1) is 10.7 Å². The van der Waals surface area contributed by atoms with Crippen LogP contribution in [0.2, 0.25) is 0 Å². The number of likely N-dealkylation sites (N-methyl/N-ethyl adjacent to an activating group) is 1. The first-order valence-corrected chi connectivity index (χ1v) is 7.28. The monoisotopic (exact) mass is 307 g/mol. The highest BCUT2D eigenvalue weighted by Crippen LogP contribution is 2.24. The summed E-state index contributed by atoms with van der Waals surface area (Å²) >= 11 is 1.54. The molecule has 0 saturated heterocycles. The normalized spacial score (nSPS) is 12.2. The molecule has 0 aliphatic heterocycles. The first-order valence-electron chi connectivity index (χ1n) is 6.40. The lowest BCUT2D eigenvalue weighted by atomic mass is 10.2. The third-order valence-electron chi connectivity index (χ3n) is 3.40. The highest BCUT2D eigenvalue weighted by Gasteiger charge is 2.25. The van der Waals surface area contributed by atoms with Crippen LogP contribution in [0.4, 0.5) is 0 Å². The predicted molar refractivity (Wildman–Crippen MR) is 80.4 cm³/mol. The Morgan fingerprint density at radius 1 is 1.48 bits per heavy atom. The van der Waals surface area contributed by atoms with Gasteiger partial charge in [0, 0.05) is 31.2 Å². The molecule has 0 spiro atoms. The minimum atomic E-state index is -1.03. The van der Waals surface area contributed by atoms with E-state index in [1.807, 2.05) is 18.5 Å². The number of carbonyl (C=O) groups excluding carboxylic acids is 1. The van der Waals surface area contributed by atoms with Crippen molar-refractivity contribution in [1.82, 2.24) is 14.5 Å². The van der Waals surface area contributed by atoms with Crippen LogP contribution in [0.15, 0.2) is 17.6 Å². The summed E-state index contributed by atoms with van der Waals surface area (Å²) in [4.78, 5) is 29.0. The summed E-state index contributed by atoms with van der Waals surface area (Å²) in [5, 5.41) is 11.9. The minimum Gasteiger partial charge on any atom is -0.480 e. The molecule has 112 valence electrons. The lowest BCUT2D eigenvalue weighted by Gasteiger charge is -2.21. The molecule has 0 aliphatic carbocycles. The van der Waals surface area contributed by atoms with Crippen LogP contribution in [-0.4, -0.2) is 44.5 Å². The summed E-state index contributed by atoms with van der Waals surface area (Å²) in [5.74, 6) is -1.36. The van der Waals surface area contributed by atoms with Crippen molar-refractivity contribution < 1.29 is 14.7 Å². The standard InChI is InChI=1S/C14H17N3O3S/c1-8(14(19)20)17(4)13(18)12-5-10(6-16(12)3)11-7-21-9(2)15-11/h5-8H,1-4H3,(H,19,20). The number of amides is 1. The summed E-state index contributed by atoms with van der Waals surface area (Å²) in [5.41, 5.74) is 2.11. The van der Waals surface area contributed by atoms with Gasteiger partial charge in [0.15, 0.2) is 0 Å². The Balaban J connectivity index is 2.31. The molecule has 1 N–H and O–H groups in total. The molecule has 1 amide bonds. The fraction of sp³-hybridized carbons (Fsp3) is 0.357. The largest absolute Gasteiger partial charge is 0.480 e. The van der Waals surface area contributed by atoms with Crippen molar-refractivity contribution >= 4 is 23.2 Å². The number of thiazole rings is 1. The molecule has 0 saturated carbocycles. The molecule has 0 aliphatic rings. The topological polar surface area (TPSA) is 75.4 Å². The van der Waals surface area contributed by atoms with E-state index in [0.717, 1.165) is 16.3 Å². The van der Waals surface area contributed by atoms with Gasteiger partial charge in [-0.2, -0.15) is 0 Å². The lowest BCUT2D eigenvalue weighted by molar-refractivity contribution is -0.141. The van der Waals surface area contributed by atoms with Crippen molar-refractivity contribution in [3.8, 4) is 11.3 Å². The lowest BCUT2D eigenvalue weighted by Crippen LogP contribution is -2.40. The van der Waals surface area contributed by atoms with Gasteiger partial charge in [-0.1, -0.05) is 0 Å². The molecule has 2 rings (SSSR count). The van der Waals surface area contributed by atoms with Crippen molar-refractivity contribution in [1.29, 1.82) is 0 Å². The van der Waals surface area contributed by atoms with Gasteiger partial charge in [0.25, 0.3) is 5.91 Å². The number of hydrogen-bond acceptors (Lipinski definition) is 4. The van der Waals surface area contributed by atoms with Gasteiger partial charge in [-0.25, -0.2) is 9.78 Å². The predicted octanol–water partition coefficient (Wildman–Crippen LogP) is 2.00. The fourth-order valence-corrected chi connectivity index (χ4v) is 2.56. The van der Waals surface area contributed by atoms with Gasteiger partial charge >= 0.3 is 5.97 Å². The van der Waals surface area contributed by atoms with Crippen molar-refractivity contribution in [2.75, 3.05) is 7.05 Å². The number of carboxylic acids is 1. The quantitative estimate of drug-likeness (QED) is 0.937. The molecule has 21 heavy (non-hydrogen) atoms. The molecule has 2 heterocycles. The Kier molecular flexibility index (Phi) is 4.13. The van der Waals surface area contributed by atoms with Crippen molar-refractivity contribution in [3.63, 3.8) is 0 Å². The zero-order valence-corrected chi connectivity index (χ0v) is 13.1. The number of nitrogens with zero attached hydrogens (tertiary/aromatic N) is 3. The molecule has 2 aromatic rings. The van der Waals surface area contributed by atoms with Crippen LogP contribution < -0.4 is 0 Å². The summed E-state index contributed by atoms with van der Waals surface area (Å²) < 4.78 is 1.69. The number of aliphatic carboxylic acids is 1. The molecule has 0 aromatic carbocycles. The minimum absolute atomic E-state index is 0.328. The van der Waals surface area contributed by atoms with E-state index >= 15 is 0 Å². The maximum Gasteiger partial charge on any atom is 0.326 e. The Labute approximate surface area is 126 Å². The number of carboxylic acid groups (broad SMARTS) is 1. The summed E-state index contributed by atoms with van der Waals surface area (Å²) in [6.45, 7) is 3.40. The second kappa shape index (κ2) is 5.69. The van der Waals surface area contributed by atoms with E-state index < -0.39 is 12.0 Å². The number of carbonyl (C=O) groups is 2. The summed E-state index contributed by atoms with van der Waals surface area (Å²) in [6, 6.07) is 0.861. The molecular formula is C14H17N3O3S. The number of aryl methyl sites for hydroxylation is 2. The van der Waals surface area contributed by atoms with E-state index in [1.165, 1.54) is 18.9 Å². The maximum absolute atomic E-state index is 12.4. The summed E-state index contributed by atoms with van der Waals surface area (Å²) in [7, 11) is 3.25. The van der Waals surface area contributed by atoms with Gasteiger partial charge in [-0.3, -0.25) is 4.79 Å². The smallest absolute Gasteiger partial charge is 0.326 e. The second-order valence-corrected chi connectivity index (χ2v) is 5.97. The van der Waals surface area contributed by atoms with E-state index in [1.54, 1.807) is 29.0 Å². The zero-order chi connectivity index (χ0) is 15.7. The number of hydrogen-bond donors (Lipinski definition) is 1. The zero-order valence-electron chi connectivity index (χ0n) is 12.3. The van der Waals surface area contributed by atoms with E-state index in [9.17, 15) is 9.59 Å². The molecule has 0 radical (unpaired) electrons. The molecule has 0 bridgehead atoms. The Morgan fingerprint density at radius 3 is 2.67 bits per heavy atom. The third-order valence-corrected chi connectivity index (χ3v) is 4.17. The van der Waals surface area contributed by atoms with E-state index in [4.69, 9.17) is 5.11 Å². The van der Waals surface area contributed by atoms with Gasteiger partial charge in [0.2, 0.25) is 0 Å². The van der Waals surface area contributed by atoms with Crippen LogP contribution in [0.25, 0.3) is 11.3 Å². The summed E-state index contributed by atoms with van der Waals surface area (Å²) in [6.07, 6.45) is 1.82. The average molecular weight is 307 g/mol. The second-order valence-electron chi connectivity index (χ2n) is 4.91. The Bertz CT molecular complexity index is 689. The van der Waals surface area contributed by atoms with E-state index in [0.29, 0.717) is 5.69 Å². The number of aromatic nitrogens is 2. The first kappa shape index (κ1) is 15.2. The van der Waals surface area contributed by atoms with Crippen molar-refractivity contribution in [2.45, 2.75) is 19.9 Å². The van der Waals surface area contributed by atoms with Crippen LogP contribution in [0.1, 0.15) is 22.4 Å². The van der Waals surface area contributed by atoms with Crippen LogP contribution in [0.3, 0.4) is 0 Å². The Morgan fingerprint density at radius 2 is 2.14 bits per heavy atom. The van der Waals surface area contributed by atoms with Crippen LogP contribution in [0.5, 0.6) is 0 Å². The molecule has 1 unspecified atom stereocenters. The molecule has 7 heteroatoms. The average Bonchev–Trinajstić information content (AvgIpc) is 3.02. The SMILES string of the molecule is Cc1nc(-c2cc(C(=O)N(C)C(C)C(=O)O)n(C)c2)cs1. The Hall–Kier alpha value is -2.15. The van der Waals surface area contributed by atoms with E-state index in [2.05, 4.69) is 4.98 Å². The van der Waals surface area contributed by atoms with E-state index in [-0.39, 0.29) is 5.91 Å². The molecule has 2 aromatic heterocycles. The maximum atomic E-state index is 12.4. The van der Waals surface area contributed by atoms with Crippen molar-refractivity contribution in [2.24, 2.45) is 7.05 Å². The van der Waals surface area contributed by atoms with Crippen LogP contribution >= 0.6 is 11.3 Å². The van der Waals surface area contributed by atoms with Gasteiger partial charge in [0.1, 0.15) is 11.7 Å². The highest BCUT2D eigenvalue weighted by atomic mass is 32.1.